The van der Waals surface area contributed by atoms with Crippen LogP contribution in [0.3, 0.4) is 0 Å². The fourth-order valence-electron chi connectivity index (χ4n) is 1.98. The van der Waals surface area contributed by atoms with Crippen LogP contribution in [0.25, 0.3) is 0 Å². The highest BCUT2D eigenvalue weighted by Gasteiger charge is 2.14. The molecule has 4 heteroatoms. The Morgan fingerprint density at radius 3 is 2.68 bits per heavy atom. The largest absolute Gasteiger partial charge is 0.313 e. The first-order valence-electron chi connectivity index (χ1n) is 6.14. The number of likely N-dealkylation sites (N-methyl/N-ethyl adjacent to an activating group) is 1. The molecule has 1 atom stereocenters. The van der Waals surface area contributed by atoms with E-state index in [2.05, 4.69) is 38.4 Å². The van der Waals surface area contributed by atoms with Gasteiger partial charge < -0.3 is 5.32 Å². The van der Waals surface area contributed by atoms with Crippen LogP contribution in [0.2, 0.25) is 5.02 Å². The summed E-state index contributed by atoms with van der Waals surface area (Å²) >= 11 is 9.73. The highest BCUT2D eigenvalue weighted by atomic mass is 79.9. The lowest BCUT2D eigenvalue weighted by molar-refractivity contribution is 0.584. The van der Waals surface area contributed by atoms with Crippen molar-refractivity contribution in [3.8, 4) is 0 Å². The second kappa shape index (κ2) is 6.51. The Morgan fingerprint density at radius 2 is 2.11 bits per heavy atom. The predicted octanol–water partition coefficient (Wildman–Crippen LogP) is 4.31. The minimum absolute atomic E-state index is 0.163. The van der Waals surface area contributed by atoms with E-state index in [0.717, 1.165) is 27.2 Å². The van der Waals surface area contributed by atoms with Crippen molar-refractivity contribution in [3.05, 3.63) is 62.8 Å². The summed E-state index contributed by atoms with van der Waals surface area (Å²) in [5.74, 6) is 0. The third-order valence-corrected chi connectivity index (χ3v) is 3.89. The fraction of sp³-hybridized carbons (Fsp3) is 0.267. The molecule has 1 unspecified atom stereocenters. The number of hydrogen-bond donors (Lipinski definition) is 1. The van der Waals surface area contributed by atoms with Crippen molar-refractivity contribution in [3.63, 3.8) is 0 Å². The van der Waals surface area contributed by atoms with Gasteiger partial charge in [-0.15, -0.1) is 0 Å². The number of rotatable bonds is 4. The first kappa shape index (κ1) is 14.5. The summed E-state index contributed by atoms with van der Waals surface area (Å²) in [5, 5.41) is 4.07. The number of nitrogens with one attached hydrogen (secondary N) is 1. The molecule has 2 aromatic rings. The quantitative estimate of drug-likeness (QED) is 0.898. The molecule has 1 aromatic heterocycles. The first-order chi connectivity index (χ1) is 9.10. The van der Waals surface area contributed by atoms with E-state index < -0.39 is 0 Å². The van der Waals surface area contributed by atoms with Crippen LogP contribution in [0.15, 0.2) is 41.0 Å². The van der Waals surface area contributed by atoms with Gasteiger partial charge in [-0.2, -0.15) is 0 Å². The van der Waals surface area contributed by atoms with Crippen LogP contribution >= 0.6 is 27.5 Å². The standard InChI is InChI=1S/C15H16BrClN2/c1-10-3-5-12(19-9-10)8-15(18-2)13-6-4-11(16)7-14(13)17/h3-7,9,15,18H,8H2,1-2H3. The van der Waals surface area contributed by atoms with Gasteiger partial charge in [-0.1, -0.05) is 39.7 Å². The average Bonchev–Trinajstić information content (AvgIpc) is 2.39. The molecule has 0 spiro atoms. The Hall–Kier alpha value is -0.900. The molecular formula is C15H16BrClN2. The van der Waals surface area contributed by atoms with Gasteiger partial charge in [-0.05, 0) is 43.3 Å². The third-order valence-electron chi connectivity index (χ3n) is 3.07. The van der Waals surface area contributed by atoms with Crippen molar-refractivity contribution >= 4 is 27.5 Å². The van der Waals surface area contributed by atoms with Gasteiger partial charge in [0.1, 0.15) is 0 Å². The van der Waals surface area contributed by atoms with Crippen LogP contribution in [-0.4, -0.2) is 12.0 Å². The van der Waals surface area contributed by atoms with E-state index >= 15 is 0 Å². The summed E-state index contributed by atoms with van der Waals surface area (Å²) in [4.78, 5) is 4.45. The zero-order valence-electron chi connectivity index (χ0n) is 11.0. The zero-order valence-corrected chi connectivity index (χ0v) is 13.3. The van der Waals surface area contributed by atoms with Gasteiger partial charge in [0.25, 0.3) is 0 Å². The second-order valence-electron chi connectivity index (χ2n) is 4.54. The molecule has 0 saturated carbocycles. The summed E-state index contributed by atoms with van der Waals surface area (Å²) in [6.07, 6.45) is 2.71. The van der Waals surface area contributed by atoms with Crippen LogP contribution in [0.5, 0.6) is 0 Å². The van der Waals surface area contributed by atoms with Gasteiger partial charge >= 0.3 is 0 Å². The van der Waals surface area contributed by atoms with Gasteiger partial charge in [-0.25, -0.2) is 0 Å². The van der Waals surface area contributed by atoms with Crippen LogP contribution < -0.4 is 5.32 Å². The summed E-state index contributed by atoms with van der Waals surface area (Å²) in [5.41, 5.74) is 3.32. The summed E-state index contributed by atoms with van der Waals surface area (Å²) < 4.78 is 0.990. The molecule has 1 aromatic carbocycles. The van der Waals surface area contributed by atoms with E-state index in [4.69, 9.17) is 11.6 Å². The summed E-state index contributed by atoms with van der Waals surface area (Å²) in [6, 6.07) is 10.3. The molecule has 0 bridgehead atoms. The van der Waals surface area contributed by atoms with Crippen LogP contribution in [0.1, 0.15) is 22.9 Å². The average molecular weight is 340 g/mol. The van der Waals surface area contributed by atoms with Crippen LogP contribution in [0.4, 0.5) is 0 Å². The number of nitrogens with zero attached hydrogens (tertiary/aromatic N) is 1. The Bertz CT molecular complexity index is 555. The van der Waals surface area contributed by atoms with Crippen LogP contribution in [-0.2, 0) is 6.42 Å². The fourth-order valence-corrected chi connectivity index (χ4v) is 2.79. The smallest absolute Gasteiger partial charge is 0.0465 e. The summed E-state index contributed by atoms with van der Waals surface area (Å²) in [7, 11) is 1.94. The molecule has 0 amide bonds. The summed E-state index contributed by atoms with van der Waals surface area (Å²) in [6.45, 7) is 2.04. The number of hydrogen-bond acceptors (Lipinski definition) is 2. The Balaban J connectivity index is 2.22. The van der Waals surface area contributed by atoms with E-state index in [0.29, 0.717) is 0 Å². The highest BCUT2D eigenvalue weighted by Crippen LogP contribution is 2.28. The molecule has 2 nitrogen and oxygen atoms in total. The Kier molecular flexibility index (Phi) is 4.97. The number of aromatic nitrogens is 1. The molecule has 0 aliphatic rings. The molecule has 1 heterocycles. The third kappa shape index (κ3) is 3.78. The van der Waals surface area contributed by atoms with Crippen LogP contribution in [0, 0.1) is 6.92 Å². The van der Waals surface area contributed by atoms with E-state index in [1.807, 2.05) is 38.4 Å². The molecular weight excluding hydrogens is 324 g/mol. The molecule has 100 valence electrons. The topological polar surface area (TPSA) is 24.9 Å². The van der Waals surface area contributed by atoms with Crippen molar-refractivity contribution in [2.24, 2.45) is 0 Å². The first-order valence-corrected chi connectivity index (χ1v) is 7.31. The van der Waals surface area contributed by atoms with E-state index in [1.165, 1.54) is 5.56 Å². The number of halogens is 2. The Labute approximate surface area is 127 Å². The molecule has 0 aliphatic carbocycles. The maximum Gasteiger partial charge on any atom is 0.0465 e. The monoisotopic (exact) mass is 338 g/mol. The van der Waals surface area contributed by atoms with Gasteiger partial charge in [0.05, 0.1) is 0 Å². The van der Waals surface area contributed by atoms with E-state index in [-0.39, 0.29) is 6.04 Å². The molecule has 0 radical (unpaired) electrons. The molecule has 1 N–H and O–H groups in total. The minimum atomic E-state index is 0.163. The number of pyridine rings is 1. The zero-order chi connectivity index (χ0) is 13.8. The lowest BCUT2D eigenvalue weighted by Crippen LogP contribution is -2.19. The van der Waals surface area contributed by atoms with Gasteiger partial charge in [0.2, 0.25) is 0 Å². The molecule has 2 rings (SSSR count). The highest BCUT2D eigenvalue weighted by molar-refractivity contribution is 9.10. The molecule has 19 heavy (non-hydrogen) atoms. The second-order valence-corrected chi connectivity index (χ2v) is 5.86. The van der Waals surface area contributed by atoms with Crippen molar-refractivity contribution in [1.82, 2.24) is 10.3 Å². The lowest BCUT2D eigenvalue weighted by atomic mass is 10.0. The molecule has 0 aliphatic heterocycles. The predicted molar refractivity (Wildman–Crippen MR) is 83.6 cm³/mol. The van der Waals surface area contributed by atoms with E-state index in [1.54, 1.807) is 0 Å². The van der Waals surface area contributed by atoms with E-state index in [9.17, 15) is 0 Å². The van der Waals surface area contributed by atoms with Crippen molar-refractivity contribution < 1.29 is 0 Å². The van der Waals surface area contributed by atoms with Gasteiger partial charge in [0, 0.05) is 33.8 Å². The number of benzene rings is 1. The SMILES string of the molecule is CNC(Cc1ccc(C)cn1)c1ccc(Br)cc1Cl. The maximum absolute atomic E-state index is 6.30. The maximum atomic E-state index is 6.30. The number of aryl methyl sites for hydroxylation is 1. The van der Waals surface area contributed by atoms with Crippen molar-refractivity contribution in [2.45, 2.75) is 19.4 Å². The van der Waals surface area contributed by atoms with Gasteiger partial charge in [0.15, 0.2) is 0 Å². The Morgan fingerprint density at radius 1 is 1.32 bits per heavy atom. The van der Waals surface area contributed by atoms with Gasteiger partial charge in [-0.3, -0.25) is 4.98 Å². The minimum Gasteiger partial charge on any atom is -0.313 e. The normalized spacial score (nSPS) is 12.4. The molecule has 0 fully saturated rings. The van der Waals surface area contributed by atoms with Crippen molar-refractivity contribution in [1.29, 1.82) is 0 Å². The molecule has 0 saturated heterocycles. The lowest BCUT2D eigenvalue weighted by Gasteiger charge is -2.18. The van der Waals surface area contributed by atoms with Crippen molar-refractivity contribution in [2.75, 3.05) is 7.05 Å².